The van der Waals surface area contributed by atoms with E-state index in [0.717, 1.165) is 19.5 Å². The maximum absolute atomic E-state index is 11.6. The minimum absolute atomic E-state index is 0.118. The number of pyridine rings is 1. The van der Waals surface area contributed by atoms with E-state index in [1.165, 1.54) is 6.42 Å². The van der Waals surface area contributed by atoms with Crippen molar-refractivity contribution in [2.24, 2.45) is 0 Å². The van der Waals surface area contributed by atoms with Gasteiger partial charge in [-0.1, -0.05) is 33.8 Å². The molecule has 1 saturated heterocycles. The number of rotatable bonds is 1. The molecular formula is C15H28N2O. The SMILES string of the molecule is CC.CC.CN1CCCC(n2ccccc2=O)C1. The normalized spacial score (nSPS) is 19.1. The van der Waals surface area contributed by atoms with Crippen LogP contribution in [0.2, 0.25) is 0 Å². The molecule has 1 aromatic rings. The van der Waals surface area contributed by atoms with Crippen molar-refractivity contribution in [3.05, 3.63) is 34.7 Å². The number of hydrogen-bond donors (Lipinski definition) is 0. The smallest absolute Gasteiger partial charge is 0.250 e. The molecule has 2 heterocycles. The Bertz CT molecular complexity index is 360. The van der Waals surface area contributed by atoms with Crippen molar-refractivity contribution >= 4 is 0 Å². The summed E-state index contributed by atoms with van der Waals surface area (Å²) in [6.07, 6.45) is 4.20. The fourth-order valence-electron chi connectivity index (χ4n) is 2.11. The summed E-state index contributed by atoms with van der Waals surface area (Å²) in [5.41, 5.74) is 0.118. The summed E-state index contributed by atoms with van der Waals surface area (Å²) < 4.78 is 1.86. The van der Waals surface area contributed by atoms with E-state index >= 15 is 0 Å². The molecule has 0 radical (unpaired) electrons. The van der Waals surface area contributed by atoms with E-state index in [4.69, 9.17) is 0 Å². The number of hydrogen-bond acceptors (Lipinski definition) is 2. The molecule has 2 rings (SSSR count). The monoisotopic (exact) mass is 252 g/mol. The summed E-state index contributed by atoms with van der Waals surface area (Å²) in [5, 5.41) is 0. The highest BCUT2D eigenvalue weighted by atomic mass is 16.1. The van der Waals surface area contributed by atoms with Gasteiger partial charge in [0.2, 0.25) is 0 Å². The summed E-state index contributed by atoms with van der Waals surface area (Å²) in [7, 11) is 2.11. The summed E-state index contributed by atoms with van der Waals surface area (Å²) in [6.45, 7) is 10.1. The van der Waals surface area contributed by atoms with Crippen molar-refractivity contribution in [2.45, 2.75) is 46.6 Å². The van der Waals surface area contributed by atoms with E-state index in [1.54, 1.807) is 12.1 Å². The first kappa shape index (κ1) is 16.9. The maximum Gasteiger partial charge on any atom is 0.250 e. The van der Waals surface area contributed by atoms with Crippen molar-refractivity contribution < 1.29 is 0 Å². The predicted molar refractivity (Wildman–Crippen MR) is 79.2 cm³/mol. The first-order valence-electron chi connectivity index (χ1n) is 7.13. The van der Waals surface area contributed by atoms with E-state index in [9.17, 15) is 4.79 Å². The van der Waals surface area contributed by atoms with Crippen LogP contribution >= 0.6 is 0 Å². The summed E-state index contributed by atoms with van der Waals surface area (Å²) in [5.74, 6) is 0. The lowest BCUT2D eigenvalue weighted by Gasteiger charge is -2.30. The van der Waals surface area contributed by atoms with Gasteiger partial charge in [0.15, 0.2) is 0 Å². The lowest BCUT2D eigenvalue weighted by atomic mass is 10.1. The topological polar surface area (TPSA) is 25.2 Å². The minimum atomic E-state index is 0.118. The van der Waals surface area contributed by atoms with Crippen LogP contribution in [0.4, 0.5) is 0 Å². The second kappa shape index (κ2) is 9.89. The van der Waals surface area contributed by atoms with E-state index in [1.807, 2.05) is 44.5 Å². The van der Waals surface area contributed by atoms with Gasteiger partial charge in [0.25, 0.3) is 5.56 Å². The molecule has 0 aromatic carbocycles. The summed E-state index contributed by atoms with van der Waals surface area (Å²) >= 11 is 0. The van der Waals surface area contributed by atoms with Crippen molar-refractivity contribution in [1.82, 2.24) is 9.47 Å². The molecular weight excluding hydrogens is 224 g/mol. The van der Waals surface area contributed by atoms with Gasteiger partial charge < -0.3 is 9.47 Å². The third kappa shape index (κ3) is 5.05. The standard InChI is InChI=1S/C11H16N2O.2C2H6/c1-12-7-4-5-10(9-12)13-8-3-2-6-11(13)14;2*1-2/h2-3,6,8,10H,4-5,7,9H2,1H3;2*1-2H3. The van der Waals surface area contributed by atoms with Gasteiger partial charge in [-0.15, -0.1) is 0 Å². The molecule has 104 valence electrons. The third-order valence-corrected chi connectivity index (χ3v) is 2.84. The average molecular weight is 252 g/mol. The van der Waals surface area contributed by atoms with Gasteiger partial charge >= 0.3 is 0 Å². The Labute approximate surface area is 111 Å². The van der Waals surface area contributed by atoms with Gasteiger partial charge in [-0.2, -0.15) is 0 Å². The van der Waals surface area contributed by atoms with Crippen molar-refractivity contribution in [3.8, 4) is 0 Å². The van der Waals surface area contributed by atoms with Crippen LogP contribution in [-0.2, 0) is 0 Å². The second-order valence-corrected chi connectivity index (χ2v) is 4.00. The number of piperidine rings is 1. The molecule has 3 heteroatoms. The zero-order chi connectivity index (χ0) is 14.0. The highest BCUT2D eigenvalue weighted by Gasteiger charge is 2.18. The molecule has 1 unspecified atom stereocenters. The largest absolute Gasteiger partial charge is 0.311 e. The first-order chi connectivity index (χ1) is 8.77. The van der Waals surface area contributed by atoms with Crippen LogP contribution in [0.3, 0.4) is 0 Å². The molecule has 0 amide bonds. The van der Waals surface area contributed by atoms with Crippen LogP contribution in [0.5, 0.6) is 0 Å². The second-order valence-electron chi connectivity index (χ2n) is 4.00. The molecule has 0 saturated carbocycles. The molecule has 0 aliphatic carbocycles. The number of aromatic nitrogens is 1. The summed E-state index contributed by atoms with van der Waals surface area (Å²) in [4.78, 5) is 13.9. The van der Waals surface area contributed by atoms with Crippen molar-refractivity contribution in [3.63, 3.8) is 0 Å². The Morgan fingerprint density at radius 1 is 1.17 bits per heavy atom. The molecule has 18 heavy (non-hydrogen) atoms. The predicted octanol–water partition coefficient (Wildman–Crippen LogP) is 3.17. The van der Waals surface area contributed by atoms with Gasteiger partial charge in [-0.3, -0.25) is 4.79 Å². The zero-order valence-electron chi connectivity index (χ0n) is 12.5. The van der Waals surface area contributed by atoms with Crippen LogP contribution in [-0.4, -0.2) is 29.6 Å². The number of likely N-dealkylation sites (tertiary alicyclic amines) is 1. The fourth-order valence-corrected chi connectivity index (χ4v) is 2.11. The molecule has 3 nitrogen and oxygen atoms in total. The van der Waals surface area contributed by atoms with Crippen LogP contribution in [0.1, 0.15) is 46.6 Å². The first-order valence-corrected chi connectivity index (χ1v) is 7.13. The number of nitrogens with zero attached hydrogens (tertiary/aromatic N) is 2. The van der Waals surface area contributed by atoms with Crippen molar-refractivity contribution in [1.29, 1.82) is 0 Å². The highest BCUT2D eigenvalue weighted by molar-refractivity contribution is 4.96. The Kier molecular flexibility index (Phi) is 9.29. The molecule has 0 spiro atoms. The van der Waals surface area contributed by atoms with E-state index in [0.29, 0.717) is 6.04 Å². The van der Waals surface area contributed by atoms with Crippen LogP contribution < -0.4 is 5.56 Å². The van der Waals surface area contributed by atoms with Gasteiger partial charge in [0.1, 0.15) is 0 Å². The van der Waals surface area contributed by atoms with Crippen molar-refractivity contribution in [2.75, 3.05) is 20.1 Å². The van der Waals surface area contributed by atoms with E-state index < -0.39 is 0 Å². The van der Waals surface area contributed by atoms with Gasteiger partial charge in [-0.05, 0) is 32.5 Å². The molecule has 0 N–H and O–H groups in total. The molecule has 0 bridgehead atoms. The molecule has 1 aliphatic heterocycles. The summed E-state index contributed by atoms with van der Waals surface area (Å²) in [6, 6.07) is 5.72. The van der Waals surface area contributed by atoms with Gasteiger partial charge in [0, 0.05) is 24.8 Å². The quantitative estimate of drug-likeness (QED) is 0.767. The molecule has 1 atom stereocenters. The Morgan fingerprint density at radius 2 is 1.83 bits per heavy atom. The van der Waals surface area contributed by atoms with E-state index in [2.05, 4.69) is 11.9 Å². The Balaban J connectivity index is 0.000000659. The number of likely N-dealkylation sites (N-methyl/N-ethyl adjacent to an activating group) is 1. The fraction of sp³-hybridized carbons (Fsp3) is 0.667. The molecule has 1 fully saturated rings. The van der Waals surface area contributed by atoms with Crippen LogP contribution in [0, 0.1) is 0 Å². The van der Waals surface area contributed by atoms with Crippen LogP contribution in [0.25, 0.3) is 0 Å². The Hall–Kier alpha value is -1.09. The molecule has 1 aromatic heterocycles. The highest BCUT2D eigenvalue weighted by Crippen LogP contribution is 2.18. The average Bonchev–Trinajstić information content (AvgIpc) is 2.44. The third-order valence-electron chi connectivity index (χ3n) is 2.84. The lowest BCUT2D eigenvalue weighted by molar-refractivity contribution is 0.209. The van der Waals surface area contributed by atoms with Crippen LogP contribution in [0.15, 0.2) is 29.2 Å². The molecule has 1 aliphatic rings. The van der Waals surface area contributed by atoms with E-state index in [-0.39, 0.29) is 5.56 Å². The Morgan fingerprint density at radius 3 is 2.39 bits per heavy atom. The maximum atomic E-state index is 11.6. The van der Waals surface area contributed by atoms with Gasteiger partial charge in [-0.25, -0.2) is 0 Å². The lowest BCUT2D eigenvalue weighted by Crippen LogP contribution is -2.37. The van der Waals surface area contributed by atoms with Gasteiger partial charge in [0.05, 0.1) is 0 Å². The minimum Gasteiger partial charge on any atom is -0.311 e. The zero-order valence-corrected chi connectivity index (χ0v) is 12.5.